The predicted octanol–water partition coefficient (Wildman–Crippen LogP) is 3.22. The lowest BCUT2D eigenvalue weighted by Crippen LogP contribution is -2.12. The summed E-state index contributed by atoms with van der Waals surface area (Å²) < 4.78 is 15.5. The van der Waals surface area contributed by atoms with Crippen LogP contribution in [-0.2, 0) is 4.79 Å². The summed E-state index contributed by atoms with van der Waals surface area (Å²) in [6.07, 6.45) is -0.465. The highest BCUT2D eigenvalue weighted by Gasteiger charge is 2.22. The third-order valence-corrected chi connectivity index (χ3v) is 3.60. The van der Waals surface area contributed by atoms with Crippen LogP contribution in [0.5, 0.6) is 11.5 Å². The van der Waals surface area contributed by atoms with Gasteiger partial charge in [-0.25, -0.2) is 4.98 Å². The van der Waals surface area contributed by atoms with Gasteiger partial charge in [-0.1, -0.05) is 12.1 Å². The number of carbonyl (C=O) groups excluding carboxylic acids is 3. The zero-order valence-corrected chi connectivity index (χ0v) is 14.1. The summed E-state index contributed by atoms with van der Waals surface area (Å²) in [5.74, 6) is -1.35. The minimum absolute atomic E-state index is 0.0345. The van der Waals surface area contributed by atoms with Gasteiger partial charge in [0.05, 0.1) is 19.1 Å². The number of rotatable bonds is 6. The number of para-hydroxylation sites is 2. The largest absolute Gasteiger partial charge is 0.497 e. The van der Waals surface area contributed by atoms with E-state index in [1.165, 1.54) is 26.2 Å². The standard InChI is InChI=1S/C19H15NO6/c1-11(21)25-18-9-12(24-2)7-8-13(18)15(22)10-16(23)19-20-14-5-3-4-6-17(14)26-19/h3-9H,10H2,1-2H3. The van der Waals surface area contributed by atoms with Gasteiger partial charge >= 0.3 is 5.97 Å². The van der Waals surface area contributed by atoms with Crippen molar-refractivity contribution in [3.05, 3.63) is 53.9 Å². The van der Waals surface area contributed by atoms with E-state index in [2.05, 4.69) is 4.98 Å². The summed E-state index contributed by atoms with van der Waals surface area (Å²) in [6.45, 7) is 1.22. The summed E-state index contributed by atoms with van der Waals surface area (Å²) in [4.78, 5) is 40.2. The molecule has 0 bridgehead atoms. The highest BCUT2D eigenvalue weighted by Crippen LogP contribution is 2.27. The number of oxazole rings is 1. The second kappa shape index (κ2) is 7.18. The first kappa shape index (κ1) is 17.3. The Morgan fingerprint density at radius 2 is 1.85 bits per heavy atom. The molecule has 0 aliphatic rings. The molecule has 3 rings (SSSR count). The Morgan fingerprint density at radius 1 is 1.08 bits per heavy atom. The first-order valence-electron chi connectivity index (χ1n) is 7.76. The number of ketones is 2. The average molecular weight is 353 g/mol. The maximum atomic E-state index is 12.5. The number of fused-ring (bicyclic) bond motifs is 1. The van der Waals surface area contributed by atoms with Crippen molar-refractivity contribution in [3.63, 3.8) is 0 Å². The van der Waals surface area contributed by atoms with Gasteiger partial charge in [0.25, 0.3) is 5.89 Å². The molecule has 3 aromatic rings. The van der Waals surface area contributed by atoms with Gasteiger partial charge in [-0.05, 0) is 24.3 Å². The number of Topliss-reactive ketones (excluding diaryl/α,β-unsaturated/α-hetero) is 2. The number of aromatic nitrogens is 1. The van der Waals surface area contributed by atoms with Crippen molar-refractivity contribution < 1.29 is 28.3 Å². The molecule has 0 spiro atoms. The van der Waals surface area contributed by atoms with E-state index in [4.69, 9.17) is 13.9 Å². The Morgan fingerprint density at radius 3 is 2.54 bits per heavy atom. The summed E-state index contributed by atoms with van der Waals surface area (Å²) in [5.41, 5.74) is 1.10. The van der Waals surface area contributed by atoms with Crippen LogP contribution in [0.4, 0.5) is 0 Å². The Bertz CT molecular complexity index is 971. The third-order valence-electron chi connectivity index (χ3n) is 3.60. The van der Waals surface area contributed by atoms with Crippen LogP contribution in [0.2, 0.25) is 0 Å². The Labute approximate surface area is 148 Å². The van der Waals surface area contributed by atoms with Gasteiger partial charge in [-0.3, -0.25) is 14.4 Å². The number of benzene rings is 2. The third kappa shape index (κ3) is 3.61. The highest BCUT2D eigenvalue weighted by atomic mass is 16.5. The predicted molar refractivity (Wildman–Crippen MR) is 91.6 cm³/mol. The van der Waals surface area contributed by atoms with Crippen LogP contribution in [0.3, 0.4) is 0 Å². The normalized spacial score (nSPS) is 10.5. The molecule has 0 radical (unpaired) electrons. The topological polar surface area (TPSA) is 95.7 Å². The smallest absolute Gasteiger partial charge is 0.308 e. The average Bonchev–Trinajstić information content (AvgIpc) is 3.05. The van der Waals surface area contributed by atoms with Gasteiger partial charge in [0, 0.05) is 13.0 Å². The molecule has 0 saturated heterocycles. The molecule has 132 valence electrons. The first-order valence-corrected chi connectivity index (χ1v) is 7.76. The summed E-state index contributed by atoms with van der Waals surface area (Å²) >= 11 is 0. The molecule has 0 amide bonds. The van der Waals surface area contributed by atoms with E-state index in [0.29, 0.717) is 16.8 Å². The Hall–Kier alpha value is -3.48. The number of esters is 1. The molecule has 7 heteroatoms. The number of ether oxygens (including phenoxy) is 2. The van der Waals surface area contributed by atoms with Crippen molar-refractivity contribution in [2.75, 3.05) is 7.11 Å². The van der Waals surface area contributed by atoms with Crippen LogP contribution >= 0.6 is 0 Å². The first-order chi connectivity index (χ1) is 12.5. The molecule has 0 aliphatic carbocycles. The maximum absolute atomic E-state index is 12.5. The van der Waals surface area contributed by atoms with Gasteiger partial charge in [-0.15, -0.1) is 0 Å². The molecule has 0 unspecified atom stereocenters. The minimum Gasteiger partial charge on any atom is -0.497 e. The van der Waals surface area contributed by atoms with E-state index in [1.807, 2.05) is 0 Å². The van der Waals surface area contributed by atoms with Gasteiger partial charge in [0.15, 0.2) is 11.4 Å². The monoisotopic (exact) mass is 353 g/mol. The summed E-state index contributed by atoms with van der Waals surface area (Å²) in [5, 5.41) is 0. The lowest BCUT2D eigenvalue weighted by atomic mass is 10.0. The molecule has 26 heavy (non-hydrogen) atoms. The molecule has 0 saturated carbocycles. The Balaban J connectivity index is 1.84. The van der Waals surface area contributed by atoms with Crippen molar-refractivity contribution >= 4 is 28.6 Å². The van der Waals surface area contributed by atoms with Gasteiger partial charge in [0.2, 0.25) is 5.78 Å². The number of hydrogen-bond acceptors (Lipinski definition) is 7. The van der Waals surface area contributed by atoms with E-state index < -0.39 is 24.0 Å². The van der Waals surface area contributed by atoms with Crippen LogP contribution in [0.1, 0.15) is 34.4 Å². The molecule has 0 aliphatic heterocycles. The fourth-order valence-corrected chi connectivity index (χ4v) is 2.41. The van der Waals surface area contributed by atoms with Crippen LogP contribution in [0, 0.1) is 0 Å². The molecule has 0 atom stereocenters. The molecular weight excluding hydrogens is 338 g/mol. The van der Waals surface area contributed by atoms with E-state index in [9.17, 15) is 14.4 Å². The fraction of sp³-hybridized carbons (Fsp3) is 0.158. The lowest BCUT2D eigenvalue weighted by molar-refractivity contribution is -0.131. The molecule has 1 heterocycles. The van der Waals surface area contributed by atoms with Crippen molar-refractivity contribution in [2.24, 2.45) is 0 Å². The van der Waals surface area contributed by atoms with Crippen LogP contribution < -0.4 is 9.47 Å². The minimum atomic E-state index is -0.586. The molecule has 0 N–H and O–H groups in total. The zero-order valence-electron chi connectivity index (χ0n) is 14.1. The van der Waals surface area contributed by atoms with Crippen molar-refractivity contribution in [1.82, 2.24) is 4.98 Å². The van der Waals surface area contributed by atoms with Gasteiger partial charge < -0.3 is 13.9 Å². The van der Waals surface area contributed by atoms with Crippen LogP contribution in [0.15, 0.2) is 46.9 Å². The summed E-state index contributed by atoms with van der Waals surface area (Å²) in [7, 11) is 1.45. The number of hydrogen-bond donors (Lipinski definition) is 0. The van der Waals surface area contributed by atoms with Gasteiger partial charge in [-0.2, -0.15) is 0 Å². The Kier molecular flexibility index (Phi) is 4.79. The van der Waals surface area contributed by atoms with Gasteiger partial charge in [0.1, 0.15) is 17.0 Å². The molecule has 2 aromatic carbocycles. The molecule has 1 aromatic heterocycles. The van der Waals surface area contributed by atoms with Crippen LogP contribution in [0.25, 0.3) is 11.1 Å². The van der Waals surface area contributed by atoms with E-state index in [1.54, 1.807) is 30.3 Å². The van der Waals surface area contributed by atoms with E-state index in [0.717, 1.165) is 0 Å². The van der Waals surface area contributed by atoms with Crippen LogP contribution in [-0.4, -0.2) is 29.6 Å². The van der Waals surface area contributed by atoms with Crippen molar-refractivity contribution in [2.45, 2.75) is 13.3 Å². The molecule has 0 fully saturated rings. The maximum Gasteiger partial charge on any atom is 0.308 e. The molecule has 7 nitrogen and oxygen atoms in total. The number of carbonyl (C=O) groups is 3. The van der Waals surface area contributed by atoms with E-state index in [-0.39, 0.29) is 17.2 Å². The number of methoxy groups -OCH3 is 1. The second-order valence-corrected chi connectivity index (χ2v) is 5.47. The number of nitrogens with zero attached hydrogens (tertiary/aromatic N) is 1. The van der Waals surface area contributed by atoms with Crippen molar-refractivity contribution in [3.8, 4) is 11.5 Å². The molecular formula is C19H15NO6. The fourth-order valence-electron chi connectivity index (χ4n) is 2.41. The van der Waals surface area contributed by atoms with Crippen molar-refractivity contribution in [1.29, 1.82) is 0 Å². The SMILES string of the molecule is COc1ccc(C(=O)CC(=O)c2nc3ccccc3o2)c(OC(C)=O)c1. The summed E-state index contributed by atoms with van der Waals surface area (Å²) in [6, 6.07) is 11.3. The quantitative estimate of drug-likeness (QED) is 0.290. The second-order valence-electron chi connectivity index (χ2n) is 5.47. The van der Waals surface area contributed by atoms with E-state index >= 15 is 0 Å². The highest BCUT2D eigenvalue weighted by molar-refractivity contribution is 6.13. The zero-order chi connectivity index (χ0) is 18.7. The lowest BCUT2D eigenvalue weighted by Gasteiger charge is -2.09.